The predicted octanol–water partition coefficient (Wildman–Crippen LogP) is 11.3. The average Bonchev–Trinajstić information content (AvgIpc) is 3.14. The lowest BCUT2D eigenvalue weighted by atomic mass is 10.1. The van der Waals surface area contributed by atoms with Crippen LogP contribution in [0.3, 0.4) is 0 Å². The van der Waals surface area contributed by atoms with Crippen molar-refractivity contribution >= 4 is 19.7 Å². The summed E-state index contributed by atoms with van der Waals surface area (Å²) in [5.74, 6) is -0.544. The van der Waals surface area contributed by atoms with E-state index in [2.05, 4.69) is 79.9 Å². The molecular formula is C43H76NO8P. The summed E-state index contributed by atoms with van der Waals surface area (Å²) in [6, 6.07) is 0. The summed E-state index contributed by atoms with van der Waals surface area (Å²) in [5, 5.41) is 12.7. The minimum absolute atomic E-state index is 0.0703. The summed E-state index contributed by atoms with van der Waals surface area (Å²) in [7, 11) is -4.42. The van der Waals surface area contributed by atoms with Crippen LogP contribution in [0.2, 0.25) is 0 Å². The molecule has 53 heavy (non-hydrogen) atoms. The fourth-order valence-corrected chi connectivity index (χ4v) is 6.06. The number of amides is 1. The smallest absolute Gasteiger partial charge is 0.463 e. The highest BCUT2D eigenvalue weighted by Crippen LogP contribution is 2.42. The minimum Gasteiger partial charge on any atom is -0.463 e. The van der Waals surface area contributed by atoms with E-state index in [0.717, 1.165) is 96.3 Å². The molecule has 0 fully saturated rings. The molecule has 0 saturated heterocycles. The Morgan fingerprint density at radius 1 is 0.604 bits per heavy atom. The lowest BCUT2D eigenvalue weighted by Gasteiger charge is -2.15. The molecule has 0 saturated carbocycles. The standard InChI is InChI=1S/C43H76NO8P/c1-3-5-7-9-11-13-15-17-19-20-22-24-26-28-30-32-34-36-43(47)50-39-41(45)40-52-53(48,49)51-38-37-44-42(46)35-33-31-29-27-25-23-21-18-16-14-12-10-8-6-4-2/h5,7,11-14,17-19,21,41,45H,3-4,6,8-10,15-16,20,22-40H2,1-2H3,(H,44,46)(H,48,49)/b7-5-,13-11-,14-12-,19-17-,21-18-. The highest BCUT2D eigenvalue weighted by atomic mass is 31.2. The van der Waals surface area contributed by atoms with Crippen molar-refractivity contribution in [1.29, 1.82) is 0 Å². The maximum atomic E-state index is 12.1. The van der Waals surface area contributed by atoms with E-state index in [-0.39, 0.29) is 32.1 Å². The largest absolute Gasteiger partial charge is 0.472 e. The van der Waals surface area contributed by atoms with Gasteiger partial charge in [0.25, 0.3) is 0 Å². The third-order valence-corrected chi connectivity index (χ3v) is 9.42. The molecule has 0 bridgehead atoms. The van der Waals surface area contributed by atoms with Crippen molar-refractivity contribution < 1.29 is 37.9 Å². The molecule has 0 spiro atoms. The first-order chi connectivity index (χ1) is 25.8. The van der Waals surface area contributed by atoms with Gasteiger partial charge >= 0.3 is 13.8 Å². The first-order valence-electron chi connectivity index (χ1n) is 20.8. The van der Waals surface area contributed by atoms with E-state index in [4.69, 9.17) is 13.8 Å². The van der Waals surface area contributed by atoms with Gasteiger partial charge in [0.05, 0.1) is 13.2 Å². The second-order valence-corrected chi connectivity index (χ2v) is 15.0. The highest BCUT2D eigenvalue weighted by molar-refractivity contribution is 7.47. The van der Waals surface area contributed by atoms with E-state index >= 15 is 0 Å². The number of esters is 1. The van der Waals surface area contributed by atoms with Crippen molar-refractivity contribution in [3.05, 3.63) is 60.8 Å². The van der Waals surface area contributed by atoms with Crippen LogP contribution in [0.15, 0.2) is 60.8 Å². The van der Waals surface area contributed by atoms with Crippen molar-refractivity contribution in [3.8, 4) is 0 Å². The van der Waals surface area contributed by atoms with Crippen molar-refractivity contribution in [2.45, 2.75) is 174 Å². The number of ether oxygens (including phenoxy) is 1. The molecule has 0 aromatic heterocycles. The van der Waals surface area contributed by atoms with E-state index in [1.165, 1.54) is 44.9 Å². The molecule has 3 N–H and O–H groups in total. The van der Waals surface area contributed by atoms with Crippen molar-refractivity contribution in [2.24, 2.45) is 0 Å². The van der Waals surface area contributed by atoms with Gasteiger partial charge in [0.1, 0.15) is 12.7 Å². The molecule has 10 heteroatoms. The number of carbonyl (C=O) groups excluding carboxylic acids is 2. The van der Waals surface area contributed by atoms with Crippen LogP contribution in [-0.2, 0) is 27.9 Å². The third kappa shape index (κ3) is 40.7. The Kier molecular flexibility index (Phi) is 37.7. The number of nitrogens with one attached hydrogen (secondary N) is 1. The van der Waals surface area contributed by atoms with Gasteiger partial charge in [0.2, 0.25) is 5.91 Å². The number of phosphoric ester groups is 1. The Morgan fingerprint density at radius 2 is 1.08 bits per heavy atom. The molecule has 0 aromatic carbocycles. The number of unbranched alkanes of at least 4 members (excludes halogenated alkanes) is 15. The molecule has 2 atom stereocenters. The zero-order valence-electron chi connectivity index (χ0n) is 33.4. The first kappa shape index (κ1) is 50.7. The summed E-state index contributed by atoms with van der Waals surface area (Å²) in [6.07, 6.45) is 45.7. The van der Waals surface area contributed by atoms with Crippen LogP contribution in [0.4, 0.5) is 0 Å². The van der Waals surface area contributed by atoms with Gasteiger partial charge in [-0.3, -0.25) is 18.6 Å². The second-order valence-electron chi connectivity index (χ2n) is 13.6. The maximum Gasteiger partial charge on any atom is 0.472 e. The predicted molar refractivity (Wildman–Crippen MR) is 220 cm³/mol. The highest BCUT2D eigenvalue weighted by Gasteiger charge is 2.23. The summed E-state index contributed by atoms with van der Waals surface area (Å²) >= 11 is 0. The maximum absolute atomic E-state index is 12.1. The Labute approximate surface area is 323 Å². The van der Waals surface area contributed by atoms with E-state index in [1.54, 1.807) is 0 Å². The van der Waals surface area contributed by atoms with E-state index < -0.39 is 26.5 Å². The molecule has 0 aliphatic heterocycles. The molecular weight excluding hydrogens is 689 g/mol. The molecule has 0 aromatic rings. The lowest BCUT2D eigenvalue weighted by molar-refractivity contribution is -0.147. The lowest BCUT2D eigenvalue weighted by Crippen LogP contribution is -2.27. The summed E-state index contributed by atoms with van der Waals surface area (Å²) in [4.78, 5) is 33.9. The molecule has 0 aliphatic carbocycles. The van der Waals surface area contributed by atoms with Crippen LogP contribution >= 0.6 is 7.82 Å². The number of aliphatic hydroxyl groups excluding tert-OH is 1. The fraction of sp³-hybridized carbons (Fsp3) is 0.721. The molecule has 1 amide bonds. The number of rotatable bonds is 38. The van der Waals surface area contributed by atoms with Crippen LogP contribution < -0.4 is 5.32 Å². The monoisotopic (exact) mass is 766 g/mol. The number of carbonyl (C=O) groups is 2. The van der Waals surface area contributed by atoms with Crippen LogP contribution in [-0.4, -0.2) is 54.3 Å². The Bertz CT molecular complexity index is 1050. The Balaban J connectivity index is 3.65. The van der Waals surface area contributed by atoms with Crippen molar-refractivity contribution in [2.75, 3.05) is 26.4 Å². The van der Waals surface area contributed by atoms with Crippen molar-refractivity contribution in [1.82, 2.24) is 5.32 Å². The van der Waals surface area contributed by atoms with Gasteiger partial charge in [-0.15, -0.1) is 0 Å². The quantitative estimate of drug-likeness (QED) is 0.0245. The number of allylic oxidation sites excluding steroid dienone is 10. The van der Waals surface area contributed by atoms with Crippen LogP contribution in [0.5, 0.6) is 0 Å². The van der Waals surface area contributed by atoms with Crippen LogP contribution in [0.25, 0.3) is 0 Å². The van der Waals surface area contributed by atoms with Crippen molar-refractivity contribution in [3.63, 3.8) is 0 Å². The van der Waals surface area contributed by atoms with Gasteiger partial charge in [-0.1, -0.05) is 139 Å². The molecule has 2 unspecified atom stereocenters. The summed E-state index contributed by atoms with van der Waals surface area (Å²) in [5.41, 5.74) is 0. The molecule has 0 radical (unpaired) electrons. The number of hydrogen-bond donors (Lipinski definition) is 3. The van der Waals surface area contributed by atoms with E-state index in [1.807, 2.05) is 0 Å². The van der Waals surface area contributed by atoms with Gasteiger partial charge in [-0.25, -0.2) is 4.57 Å². The Morgan fingerprint density at radius 3 is 1.62 bits per heavy atom. The molecule has 0 rings (SSSR count). The van der Waals surface area contributed by atoms with Crippen LogP contribution in [0, 0.1) is 0 Å². The number of phosphoric acid groups is 1. The Hall–Kier alpha value is -2.29. The number of hydrogen-bond acceptors (Lipinski definition) is 7. The third-order valence-electron chi connectivity index (χ3n) is 8.43. The van der Waals surface area contributed by atoms with Gasteiger partial charge in [-0.2, -0.15) is 0 Å². The van der Waals surface area contributed by atoms with E-state index in [0.29, 0.717) is 6.42 Å². The average molecular weight is 766 g/mol. The zero-order valence-corrected chi connectivity index (χ0v) is 34.3. The van der Waals surface area contributed by atoms with E-state index in [9.17, 15) is 24.2 Å². The summed E-state index contributed by atoms with van der Waals surface area (Å²) < 4.78 is 26.8. The molecule has 306 valence electrons. The fourth-order valence-electron chi connectivity index (χ4n) is 5.31. The second kappa shape index (κ2) is 39.4. The SMILES string of the molecule is CC/C=C\C/C=C\C/C=C\CCCCCCCCCC(=O)OCC(O)COP(=O)(O)OCCNC(=O)CCCCCCC/C=C\C/C=C\CCCCC. The molecule has 0 heterocycles. The van der Waals surface area contributed by atoms with Crippen LogP contribution in [0.1, 0.15) is 168 Å². The number of aliphatic hydroxyl groups is 1. The molecule has 9 nitrogen and oxygen atoms in total. The van der Waals surface area contributed by atoms with Gasteiger partial charge in [0, 0.05) is 19.4 Å². The van der Waals surface area contributed by atoms with Gasteiger partial charge in [-0.05, 0) is 77.0 Å². The first-order valence-corrected chi connectivity index (χ1v) is 22.3. The molecule has 0 aliphatic rings. The van der Waals surface area contributed by atoms with Gasteiger partial charge < -0.3 is 20.1 Å². The normalized spacial score (nSPS) is 14.0. The van der Waals surface area contributed by atoms with Gasteiger partial charge in [0.15, 0.2) is 0 Å². The topological polar surface area (TPSA) is 131 Å². The zero-order chi connectivity index (χ0) is 38.9. The summed E-state index contributed by atoms with van der Waals surface area (Å²) in [6.45, 7) is 3.37. The minimum atomic E-state index is -4.42.